The molecule has 0 radical (unpaired) electrons. The van der Waals surface area contributed by atoms with E-state index in [0.717, 1.165) is 34.5 Å². The molecule has 0 spiro atoms. The number of benzene rings is 2. The normalized spacial score (nSPS) is 10.4. The lowest BCUT2D eigenvalue weighted by molar-refractivity contribution is -0.129. The third kappa shape index (κ3) is 6.13. The Bertz CT molecular complexity index is 785. The molecule has 0 saturated heterocycles. The Hall–Kier alpha value is -2.82. The molecule has 2 aromatic carbocycles. The number of anilines is 1. The Kier molecular flexibility index (Phi) is 7.41. The molecule has 5 heteroatoms. The van der Waals surface area contributed by atoms with Gasteiger partial charge in [-0.25, -0.2) is 0 Å². The number of hydrogen-bond acceptors (Lipinski definition) is 3. The third-order valence-electron chi connectivity index (χ3n) is 4.76. The van der Waals surface area contributed by atoms with Crippen LogP contribution in [0.5, 0.6) is 5.75 Å². The Morgan fingerprint density at radius 1 is 1.04 bits per heavy atom. The van der Waals surface area contributed by atoms with Crippen LogP contribution in [0.1, 0.15) is 30.0 Å². The zero-order chi connectivity index (χ0) is 19.8. The van der Waals surface area contributed by atoms with Gasteiger partial charge in [0.15, 0.2) is 0 Å². The molecule has 1 N–H and O–H groups in total. The molecule has 0 aromatic heterocycles. The maximum Gasteiger partial charge on any atom is 0.226 e. The fraction of sp³-hybridized carbons (Fsp3) is 0.364. The summed E-state index contributed by atoms with van der Waals surface area (Å²) in [6.07, 6.45) is 1.01. The number of amides is 2. The standard InChI is InChI=1S/C22H28N2O3/c1-16-6-5-7-21(17(16)2)23-22(26)13-15-24(18(3)25)14-12-19-8-10-20(27-4)11-9-19/h5-11H,12-15H2,1-4H3,(H,23,26). The largest absolute Gasteiger partial charge is 0.497 e. The SMILES string of the molecule is COc1ccc(CCN(CCC(=O)Nc2cccc(C)c2C)C(C)=O)cc1. The molecule has 0 unspecified atom stereocenters. The molecule has 0 aliphatic rings. The van der Waals surface area contributed by atoms with Gasteiger partial charge in [0.1, 0.15) is 5.75 Å². The summed E-state index contributed by atoms with van der Waals surface area (Å²) in [6.45, 7) is 6.53. The van der Waals surface area contributed by atoms with Crippen molar-refractivity contribution in [2.24, 2.45) is 0 Å². The minimum atomic E-state index is -0.0839. The summed E-state index contributed by atoms with van der Waals surface area (Å²) < 4.78 is 5.15. The Balaban J connectivity index is 1.86. The summed E-state index contributed by atoms with van der Waals surface area (Å²) in [7, 11) is 1.63. The topological polar surface area (TPSA) is 58.6 Å². The second kappa shape index (κ2) is 9.76. The molecule has 0 saturated carbocycles. The molecule has 0 heterocycles. The molecule has 2 aromatic rings. The Morgan fingerprint density at radius 2 is 1.74 bits per heavy atom. The van der Waals surface area contributed by atoms with E-state index >= 15 is 0 Å². The van der Waals surface area contributed by atoms with Crippen molar-refractivity contribution in [3.63, 3.8) is 0 Å². The highest BCUT2D eigenvalue weighted by atomic mass is 16.5. The number of carbonyl (C=O) groups excluding carboxylic acids is 2. The highest BCUT2D eigenvalue weighted by Crippen LogP contribution is 2.18. The molecule has 2 amide bonds. The Morgan fingerprint density at radius 3 is 2.37 bits per heavy atom. The van der Waals surface area contributed by atoms with E-state index in [1.54, 1.807) is 12.0 Å². The number of rotatable bonds is 8. The van der Waals surface area contributed by atoms with E-state index in [2.05, 4.69) is 5.32 Å². The molecule has 0 aliphatic heterocycles. The number of ether oxygens (including phenoxy) is 1. The van der Waals surface area contributed by atoms with Crippen molar-refractivity contribution >= 4 is 17.5 Å². The summed E-state index contributed by atoms with van der Waals surface area (Å²) in [5.41, 5.74) is 4.15. The highest BCUT2D eigenvalue weighted by molar-refractivity contribution is 5.92. The van der Waals surface area contributed by atoms with Crippen LogP contribution in [0.2, 0.25) is 0 Å². The smallest absolute Gasteiger partial charge is 0.226 e. The second-order valence-electron chi connectivity index (χ2n) is 6.65. The molecular formula is C22H28N2O3. The zero-order valence-electron chi connectivity index (χ0n) is 16.5. The molecule has 0 atom stereocenters. The van der Waals surface area contributed by atoms with Gasteiger partial charge >= 0.3 is 0 Å². The van der Waals surface area contributed by atoms with Gasteiger partial charge in [0.25, 0.3) is 0 Å². The fourth-order valence-corrected chi connectivity index (χ4v) is 2.82. The van der Waals surface area contributed by atoms with Crippen molar-refractivity contribution in [3.8, 4) is 5.75 Å². The minimum Gasteiger partial charge on any atom is -0.497 e. The van der Waals surface area contributed by atoms with Crippen molar-refractivity contribution in [2.45, 2.75) is 33.6 Å². The van der Waals surface area contributed by atoms with Crippen molar-refractivity contribution in [1.29, 1.82) is 0 Å². The van der Waals surface area contributed by atoms with Gasteiger partial charge in [-0.2, -0.15) is 0 Å². The molecule has 5 nitrogen and oxygen atoms in total. The van der Waals surface area contributed by atoms with Gasteiger partial charge in [0.05, 0.1) is 7.11 Å². The minimum absolute atomic E-state index is 0.0250. The van der Waals surface area contributed by atoms with Crippen molar-refractivity contribution in [3.05, 3.63) is 59.2 Å². The maximum atomic E-state index is 12.3. The van der Waals surface area contributed by atoms with Gasteiger partial charge in [0, 0.05) is 32.1 Å². The zero-order valence-corrected chi connectivity index (χ0v) is 16.5. The number of nitrogens with zero attached hydrogens (tertiary/aromatic N) is 1. The van der Waals surface area contributed by atoms with E-state index in [1.807, 2.05) is 56.3 Å². The van der Waals surface area contributed by atoms with E-state index in [4.69, 9.17) is 4.74 Å². The van der Waals surface area contributed by atoms with Crippen LogP contribution in [0.3, 0.4) is 0 Å². The molecule has 2 rings (SSSR count). The summed E-state index contributed by atoms with van der Waals surface area (Å²) in [5.74, 6) is 0.702. The quantitative estimate of drug-likeness (QED) is 0.772. The molecule has 0 bridgehead atoms. The van der Waals surface area contributed by atoms with Crippen LogP contribution in [0.25, 0.3) is 0 Å². The first-order valence-corrected chi connectivity index (χ1v) is 9.15. The van der Waals surface area contributed by atoms with Crippen LogP contribution >= 0.6 is 0 Å². The first-order chi connectivity index (χ1) is 12.9. The van der Waals surface area contributed by atoms with Crippen LogP contribution in [-0.4, -0.2) is 36.9 Å². The molecule has 0 fully saturated rings. The van der Waals surface area contributed by atoms with Crippen LogP contribution in [-0.2, 0) is 16.0 Å². The maximum absolute atomic E-state index is 12.3. The molecule has 0 aliphatic carbocycles. The summed E-state index contributed by atoms with van der Waals surface area (Å²) in [6, 6.07) is 13.6. The summed E-state index contributed by atoms with van der Waals surface area (Å²) in [5, 5.41) is 2.94. The predicted octanol–water partition coefficient (Wildman–Crippen LogP) is 3.73. The van der Waals surface area contributed by atoms with E-state index < -0.39 is 0 Å². The Labute approximate surface area is 161 Å². The number of hydrogen-bond donors (Lipinski definition) is 1. The summed E-state index contributed by atoms with van der Waals surface area (Å²) in [4.78, 5) is 25.9. The van der Waals surface area contributed by atoms with E-state index in [-0.39, 0.29) is 18.2 Å². The lowest BCUT2D eigenvalue weighted by Gasteiger charge is -2.21. The number of nitrogens with one attached hydrogen (secondary N) is 1. The lowest BCUT2D eigenvalue weighted by Crippen LogP contribution is -2.33. The second-order valence-corrected chi connectivity index (χ2v) is 6.65. The van der Waals surface area contributed by atoms with Crippen LogP contribution in [0.4, 0.5) is 5.69 Å². The monoisotopic (exact) mass is 368 g/mol. The molecular weight excluding hydrogens is 340 g/mol. The lowest BCUT2D eigenvalue weighted by atomic mass is 10.1. The first-order valence-electron chi connectivity index (χ1n) is 9.15. The molecule has 144 valence electrons. The van der Waals surface area contributed by atoms with Crippen molar-refractivity contribution in [1.82, 2.24) is 4.90 Å². The number of aryl methyl sites for hydroxylation is 1. The van der Waals surface area contributed by atoms with E-state index in [9.17, 15) is 9.59 Å². The predicted molar refractivity (Wildman–Crippen MR) is 108 cm³/mol. The van der Waals surface area contributed by atoms with E-state index in [0.29, 0.717) is 13.1 Å². The van der Waals surface area contributed by atoms with Crippen molar-refractivity contribution < 1.29 is 14.3 Å². The average Bonchev–Trinajstić information content (AvgIpc) is 2.65. The van der Waals surface area contributed by atoms with Gasteiger partial charge in [-0.3, -0.25) is 9.59 Å². The average molecular weight is 368 g/mol. The third-order valence-corrected chi connectivity index (χ3v) is 4.76. The van der Waals surface area contributed by atoms with E-state index in [1.165, 1.54) is 6.92 Å². The van der Waals surface area contributed by atoms with Gasteiger partial charge in [-0.15, -0.1) is 0 Å². The van der Waals surface area contributed by atoms with Crippen molar-refractivity contribution in [2.75, 3.05) is 25.5 Å². The number of carbonyl (C=O) groups is 2. The number of methoxy groups -OCH3 is 1. The molecule has 27 heavy (non-hydrogen) atoms. The fourth-order valence-electron chi connectivity index (χ4n) is 2.82. The first kappa shape index (κ1) is 20.5. The van der Waals surface area contributed by atoms with Gasteiger partial charge in [-0.05, 0) is 55.2 Å². The van der Waals surface area contributed by atoms with Crippen LogP contribution in [0.15, 0.2) is 42.5 Å². The summed E-state index contributed by atoms with van der Waals surface area (Å²) >= 11 is 0. The van der Waals surface area contributed by atoms with Gasteiger partial charge < -0.3 is 15.0 Å². The van der Waals surface area contributed by atoms with Crippen LogP contribution in [0, 0.1) is 13.8 Å². The van der Waals surface area contributed by atoms with Gasteiger partial charge in [-0.1, -0.05) is 24.3 Å². The van der Waals surface area contributed by atoms with Crippen LogP contribution < -0.4 is 10.1 Å². The van der Waals surface area contributed by atoms with Gasteiger partial charge in [0.2, 0.25) is 11.8 Å². The highest BCUT2D eigenvalue weighted by Gasteiger charge is 2.12.